The molecule has 1 unspecified atom stereocenters. The number of carbonyl (C=O) groups excluding carboxylic acids is 1. The zero-order valence-corrected chi connectivity index (χ0v) is 15.0. The number of rotatable bonds is 1. The van der Waals surface area contributed by atoms with Crippen molar-refractivity contribution in [2.45, 2.75) is 82.3 Å². The SMILES string of the molecule is O=C(Nc1nc2c(s1)CCCCCC2)N1CCC(O)C12CCCC2. The van der Waals surface area contributed by atoms with Crippen LogP contribution in [0, 0.1) is 0 Å². The smallest absolute Gasteiger partial charge is 0.324 e. The molecule has 6 heteroatoms. The minimum atomic E-state index is -0.373. The molecule has 2 fully saturated rings. The molecule has 1 aromatic heterocycles. The molecule has 0 aromatic carbocycles. The second kappa shape index (κ2) is 6.64. The summed E-state index contributed by atoms with van der Waals surface area (Å²) in [6.07, 6.45) is 11.5. The molecule has 1 aliphatic heterocycles. The van der Waals surface area contributed by atoms with E-state index in [9.17, 15) is 9.90 Å². The van der Waals surface area contributed by atoms with Gasteiger partial charge in [0.2, 0.25) is 0 Å². The van der Waals surface area contributed by atoms with Crippen molar-refractivity contribution in [2.75, 3.05) is 11.9 Å². The number of nitrogens with zero attached hydrogens (tertiary/aromatic N) is 2. The zero-order valence-electron chi connectivity index (χ0n) is 14.2. The van der Waals surface area contributed by atoms with Crippen LogP contribution in [0.2, 0.25) is 0 Å². The Balaban J connectivity index is 1.49. The van der Waals surface area contributed by atoms with Crippen molar-refractivity contribution < 1.29 is 9.90 Å². The Labute approximate surface area is 147 Å². The van der Waals surface area contributed by atoms with Crippen molar-refractivity contribution in [1.82, 2.24) is 9.88 Å². The summed E-state index contributed by atoms with van der Waals surface area (Å²) in [5.74, 6) is 0. The second-order valence-electron chi connectivity index (χ2n) is 7.50. The standard InChI is InChI=1S/C18H27N3O2S/c22-15-9-12-21(18(15)10-5-6-11-18)17(23)20-16-19-13-7-3-1-2-4-8-14(13)24-16/h15,22H,1-12H2,(H,19,20,23). The van der Waals surface area contributed by atoms with Gasteiger partial charge in [-0.05, 0) is 44.9 Å². The fourth-order valence-corrected chi connectivity index (χ4v) is 5.77. The highest BCUT2D eigenvalue weighted by Gasteiger charge is 2.51. The lowest BCUT2D eigenvalue weighted by Gasteiger charge is -2.36. The molecular weight excluding hydrogens is 322 g/mol. The van der Waals surface area contributed by atoms with Crippen LogP contribution in [-0.2, 0) is 12.8 Å². The van der Waals surface area contributed by atoms with E-state index in [2.05, 4.69) is 5.32 Å². The lowest BCUT2D eigenvalue weighted by Crippen LogP contribution is -2.52. The van der Waals surface area contributed by atoms with Gasteiger partial charge >= 0.3 is 6.03 Å². The third-order valence-electron chi connectivity index (χ3n) is 6.06. The molecule has 5 nitrogen and oxygen atoms in total. The number of amides is 2. The third kappa shape index (κ3) is 2.84. The van der Waals surface area contributed by atoms with Gasteiger partial charge in [0, 0.05) is 11.4 Å². The number of aryl methyl sites for hydroxylation is 2. The molecule has 4 rings (SSSR count). The van der Waals surface area contributed by atoms with E-state index in [1.807, 2.05) is 4.90 Å². The first-order valence-corrected chi connectivity index (χ1v) is 10.3. The number of likely N-dealkylation sites (tertiary alicyclic amines) is 1. The normalized spacial score (nSPS) is 26.2. The van der Waals surface area contributed by atoms with E-state index >= 15 is 0 Å². The van der Waals surface area contributed by atoms with Gasteiger partial charge in [0.15, 0.2) is 5.13 Å². The molecule has 1 spiro atoms. The van der Waals surface area contributed by atoms with Gasteiger partial charge in [-0.25, -0.2) is 9.78 Å². The van der Waals surface area contributed by atoms with Gasteiger partial charge in [-0.3, -0.25) is 5.32 Å². The number of hydrogen-bond donors (Lipinski definition) is 2. The molecule has 24 heavy (non-hydrogen) atoms. The van der Waals surface area contributed by atoms with Gasteiger partial charge in [-0.15, -0.1) is 11.3 Å². The van der Waals surface area contributed by atoms with Crippen LogP contribution in [0.4, 0.5) is 9.93 Å². The highest BCUT2D eigenvalue weighted by molar-refractivity contribution is 7.15. The molecule has 1 saturated heterocycles. The van der Waals surface area contributed by atoms with Crippen molar-refractivity contribution in [3.05, 3.63) is 10.6 Å². The van der Waals surface area contributed by atoms with Crippen LogP contribution in [-0.4, -0.2) is 39.2 Å². The summed E-state index contributed by atoms with van der Waals surface area (Å²) in [7, 11) is 0. The average molecular weight is 350 g/mol. The zero-order chi connectivity index (χ0) is 16.6. The Morgan fingerprint density at radius 1 is 1.17 bits per heavy atom. The van der Waals surface area contributed by atoms with Crippen LogP contribution < -0.4 is 5.32 Å². The number of fused-ring (bicyclic) bond motifs is 1. The van der Waals surface area contributed by atoms with Gasteiger partial charge < -0.3 is 10.0 Å². The topological polar surface area (TPSA) is 65.5 Å². The Hall–Kier alpha value is -1.14. The third-order valence-corrected chi connectivity index (χ3v) is 7.13. The largest absolute Gasteiger partial charge is 0.391 e. The van der Waals surface area contributed by atoms with Crippen LogP contribution in [0.1, 0.15) is 68.4 Å². The first kappa shape index (κ1) is 16.3. The van der Waals surface area contributed by atoms with E-state index in [1.54, 1.807) is 11.3 Å². The number of carbonyl (C=O) groups is 1. The summed E-state index contributed by atoms with van der Waals surface area (Å²) in [6.45, 7) is 0.651. The van der Waals surface area contributed by atoms with Gasteiger partial charge in [0.05, 0.1) is 17.3 Å². The van der Waals surface area contributed by atoms with Crippen LogP contribution >= 0.6 is 11.3 Å². The fourth-order valence-electron chi connectivity index (χ4n) is 4.73. The molecule has 132 valence electrons. The summed E-state index contributed by atoms with van der Waals surface area (Å²) < 4.78 is 0. The van der Waals surface area contributed by atoms with Crippen molar-refractivity contribution >= 4 is 22.5 Å². The maximum Gasteiger partial charge on any atom is 0.324 e. The van der Waals surface area contributed by atoms with E-state index < -0.39 is 0 Å². The molecule has 2 aliphatic carbocycles. The molecule has 2 N–H and O–H groups in total. The molecule has 1 saturated carbocycles. The molecule has 0 radical (unpaired) electrons. The van der Waals surface area contributed by atoms with Gasteiger partial charge in [0.1, 0.15) is 0 Å². The Kier molecular flexibility index (Phi) is 4.52. The lowest BCUT2D eigenvalue weighted by atomic mass is 9.91. The number of anilines is 1. The number of nitrogens with one attached hydrogen (secondary N) is 1. The molecule has 3 aliphatic rings. The summed E-state index contributed by atoms with van der Waals surface area (Å²) in [6, 6.07) is -0.0739. The Bertz CT molecular complexity index is 584. The van der Waals surface area contributed by atoms with Crippen LogP contribution in [0.15, 0.2) is 0 Å². The number of thiazole rings is 1. The number of aliphatic hydroxyl groups excluding tert-OH is 1. The van der Waals surface area contributed by atoms with Crippen molar-refractivity contribution in [1.29, 1.82) is 0 Å². The number of hydrogen-bond acceptors (Lipinski definition) is 4. The highest BCUT2D eigenvalue weighted by atomic mass is 32.1. The minimum absolute atomic E-state index is 0.0739. The minimum Gasteiger partial charge on any atom is -0.391 e. The summed E-state index contributed by atoms with van der Waals surface area (Å²) >= 11 is 1.64. The van der Waals surface area contributed by atoms with Gasteiger partial charge in [0.25, 0.3) is 0 Å². The molecular formula is C18H27N3O2S. The van der Waals surface area contributed by atoms with E-state index in [1.165, 1.54) is 36.3 Å². The quantitative estimate of drug-likeness (QED) is 0.812. The number of aromatic nitrogens is 1. The van der Waals surface area contributed by atoms with E-state index in [0.717, 1.165) is 43.7 Å². The van der Waals surface area contributed by atoms with Crippen molar-refractivity contribution in [3.8, 4) is 0 Å². The van der Waals surface area contributed by atoms with Crippen LogP contribution in [0.5, 0.6) is 0 Å². The Morgan fingerprint density at radius 3 is 2.71 bits per heavy atom. The molecule has 2 amide bonds. The first-order valence-electron chi connectivity index (χ1n) is 9.44. The summed E-state index contributed by atoms with van der Waals surface area (Å²) in [5.41, 5.74) is 0.864. The van der Waals surface area contributed by atoms with E-state index in [0.29, 0.717) is 13.0 Å². The fraction of sp³-hybridized carbons (Fsp3) is 0.778. The average Bonchev–Trinajstić information content (AvgIpc) is 3.23. The van der Waals surface area contributed by atoms with E-state index in [-0.39, 0.29) is 17.7 Å². The highest BCUT2D eigenvalue weighted by Crippen LogP contribution is 2.43. The monoisotopic (exact) mass is 349 g/mol. The predicted octanol–water partition coefficient (Wildman–Crippen LogP) is 3.71. The lowest BCUT2D eigenvalue weighted by molar-refractivity contribution is 0.0522. The predicted molar refractivity (Wildman–Crippen MR) is 95.5 cm³/mol. The van der Waals surface area contributed by atoms with Gasteiger partial charge in [-0.1, -0.05) is 25.7 Å². The Morgan fingerprint density at radius 2 is 1.92 bits per heavy atom. The van der Waals surface area contributed by atoms with Crippen LogP contribution in [0.3, 0.4) is 0 Å². The van der Waals surface area contributed by atoms with Crippen molar-refractivity contribution in [2.24, 2.45) is 0 Å². The maximum atomic E-state index is 12.8. The molecule has 0 bridgehead atoms. The van der Waals surface area contributed by atoms with E-state index in [4.69, 9.17) is 4.98 Å². The number of urea groups is 1. The molecule has 1 aromatic rings. The summed E-state index contributed by atoms with van der Waals surface area (Å²) in [5, 5.41) is 14.2. The first-order chi connectivity index (χ1) is 11.7. The number of aliphatic hydroxyl groups is 1. The second-order valence-corrected chi connectivity index (χ2v) is 8.58. The van der Waals surface area contributed by atoms with Gasteiger partial charge in [-0.2, -0.15) is 0 Å². The maximum absolute atomic E-state index is 12.8. The summed E-state index contributed by atoms with van der Waals surface area (Å²) in [4.78, 5) is 20.8. The van der Waals surface area contributed by atoms with Crippen LogP contribution in [0.25, 0.3) is 0 Å². The molecule has 1 atom stereocenters. The molecule has 2 heterocycles. The van der Waals surface area contributed by atoms with Crippen molar-refractivity contribution in [3.63, 3.8) is 0 Å².